The Morgan fingerprint density at radius 3 is 2.67 bits per heavy atom. The number of hydrogen-bond acceptors (Lipinski definition) is 3. The van der Waals surface area contributed by atoms with E-state index in [0.29, 0.717) is 22.9 Å². The summed E-state index contributed by atoms with van der Waals surface area (Å²) in [6, 6.07) is 12.7. The normalized spacial score (nSPS) is 10.5. The molecule has 0 spiro atoms. The van der Waals surface area contributed by atoms with Crippen molar-refractivity contribution in [1.29, 1.82) is 0 Å². The maximum Gasteiger partial charge on any atom is 1.00 e. The maximum absolute atomic E-state index is 12.5. The van der Waals surface area contributed by atoms with Crippen LogP contribution in [0, 0.1) is 0 Å². The van der Waals surface area contributed by atoms with E-state index in [2.05, 4.69) is 6.92 Å². The Morgan fingerprint density at radius 2 is 2.00 bits per heavy atom. The third kappa shape index (κ3) is 5.83. The molecule has 124 valence electrons. The molecule has 0 aliphatic heterocycles. The Bertz CT molecular complexity index is 685. The second-order valence-electron chi connectivity index (χ2n) is 5.00. The minimum atomic E-state index is -0.0537. The summed E-state index contributed by atoms with van der Waals surface area (Å²) in [5.74, 6) is 1.32. The molecule has 3 nitrogen and oxygen atoms in total. The number of carbonyl (C=O) groups is 1. The fourth-order valence-electron chi connectivity index (χ4n) is 2.04. The summed E-state index contributed by atoms with van der Waals surface area (Å²) in [5.41, 5.74) is 0.580. The number of hydrogen-bond donors (Lipinski definition) is 0. The van der Waals surface area contributed by atoms with Crippen LogP contribution < -0.4 is 33.6 Å². The molecule has 0 amide bonds. The third-order valence-corrected chi connectivity index (χ3v) is 4.98. The first kappa shape index (κ1) is 21.1. The first-order chi connectivity index (χ1) is 11.2. The molecule has 1 atom stereocenters. The van der Waals surface area contributed by atoms with E-state index < -0.39 is 0 Å². The summed E-state index contributed by atoms with van der Waals surface area (Å²) < 4.78 is 10.9. The molecular formula is C18H21ClLiO3P. The van der Waals surface area contributed by atoms with Crippen molar-refractivity contribution in [1.82, 2.24) is 0 Å². The van der Waals surface area contributed by atoms with Crippen LogP contribution in [0.1, 0.15) is 31.6 Å². The van der Waals surface area contributed by atoms with Crippen LogP contribution >= 0.6 is 20.2 Å². The van der Waals surface area contributed by atoms with Gasteiger partial charge in [-0.1, -0.05) is 37.1 Å². The van der Waals surface area contributed by atoms with Crippen molar-refractivity contribution in [2.75, 3.05) is 13.7 Å². The van der Waals surface area contributed by atoms with Crippen molar-refractivity contribution in [3.8, 4) is 11.5 Å². The average molecular weight is 359 g/mol. The predicted octanol–water partition coefficient (Wildman–Crippen LogP) is 1.79. The van der Waals surface area contributed by atoms with Gasteiger partial charge in [-0.2, -0.15) is 0 Å². The number of benzene rings is 2. The van der Waals surface area contributed by atoms with Crippen molar-refractivity contribution >= 4 is 31.0 Å². The first-order valence-corrected chi connectivity index (χ1v) is 8.90. The predicted molar refractivity (Wildman–Crippen MR) is 98.2 cm³/mol. The molecular weight excluding hydrogens is 338 g/mol. The molecule has 0 bridgehead atoms. The van der Waals surface area contributed by atoms with E-state index in [4.69, 9.17) is 21.1 Å². The van der Waals surface area contributed by atoms with Crippen LogP contribution in [0.4, 0.5) is 0 Å². The minimum absolute atomic E-state index is 0. The number of para-hydroxylation sites is 1. The van der Waals surface area contributed by atoms with Gasteiger partial charge in [0, 0.05) is 0 Å². The van der Waals surface area contributed by atoms with Crippen molar-refractivity contribution in [3.05, 3.63) is 53.1 Å². The molecule has 0 saturated carbocycles. The topological polar surface area (TPSA) is 35.5 Å². The third-order valence-electron chi connectivity index (χ3n) is 3.31. The summed E-state index contributed by atoms with van der Waals surface area (Å²) in [7, 11) is 1.51. The number of ether oxygens (including phenoxy) is 2. The van der Waals surface area contributed by atoms with Crippen LogP contribution in [0.5, 0.6) is 11.5 Å². The summed E-state index contributed by atoms with van der Waals surface area (Å²) >= 11 is 6.29. The standard InChI is InChI=1S/C18H20ClO3P.Li.H/c1-3-4-11-22-13-9-10-17(15(19)12-13)23-18(20)14-7-5-6-8-16(14)21-2;;/h5-10,12,23H,3-4,11H2,1-2H3;;/q;+1;-1. The Morgan fingerprint density at radius 1 is 1.25 bits per heavy atom. The monoisotopic (exact) mass is 358 g/mol. The molecule has 0 radical (unpaired) electrons. The summed E-state index contributed by atoms with van der Waals surface area (Å²) in [6.07, 6.45) is 2.09. The molecule has 24 heavy (non-hydrogen) atoms. The second kappa shape index (κ2) is 10.8. The van der Waals surface area contributed by atoms with Gasteiger partial charge in [-0.25, -0.2) is 0 Å². The first-order valence-electron chi connectivity index (χ1n) is 7.52. The fraction of sp³-hybridized carbons (Fsp3) is 0.278. The fourth-order valence-corrected chi connectivity index (χ4v) is 3.30. The molecule has 6 heteroatoms. The molecule has 0 N–H and O–H groups in total. The molecule has 0 aromatic heterocycles. The Hall–Kier alpha value is -0.973. The van der Waals surface area contributed by atoms with E-state index in [9.17, 15) is 4.79 Å². The zero-order chi connectivity index (χ0) is 16.7. The quantitative estimate of drug-likeness (QED) is 0.410. The number of unbranched alkanes of at least 4 members (excludes halogenated alkanes) is 1. The van der Waals surface area contributed by atoms with E-state index >= 15 is 0 Å². The van der Waals surface area contributed by atoms with Gasteiger partial charge in [-0.15, -0.1) is 0 Å². The summed E-state index contributed by atoms with van der Waals surface area (Å²) in [4.78, 5) is 12.5. The van der Waals surface area contributed by atoms with Crippen LogP contribution in [0.25, 0.3) is 0 Å². The van der Waals surface area contributed by atoms with Gasteiger partial charge in [0.2, 0.25) is 0 Å². The number of rotatable bonds is 8. The van der Waals surface area contributed by atoms with Crippen molar-refractivity contribution in [2.24, 2.45) is 0 Å². The van der Waals surface area contributed by atoms with Crippen molar-refractivity contribution in [3.63, 3.8) is 0 Å². The van der Waals surface area contributed by atoms with Gasteiger partial charge in [0.25, 0.3) is 0 Å². The molecule has 0 heterocycles. The van der Waals surface area contributed by atoms with Gasteiger partial charge in [0.15, 0.2) is 5.52 Å². The van der Waals surface area contributed by atoms with Gasteiger partial charge < -0.3 is 10.9 Å². The molecule has 2 aromatic carbocycles. The van der Waals surface area contributed by atoms with E-state index in [1.165, 1.54) is 0 Å². The van der Waals surface area contributed by atoms with E-state index in [0.717, 1.165) is 23.9 Å². The van der Waals surface area contributed by atoms with E-state index in [1.807, 2.05) is 24.3 Å². The molecule has 2 rings (SSSR count). The van der Waals surface area contributed by atoms with Crippen LogP contribution in [0.15, 0.2) is 42.5 Å². The zero-order valence-electron chi connectivity index (χ0n) is 15.3. The van der Waals surface area contributed by atoms with Gasteiger partial charge in [0.05, 0.1) is 24.3 Å². The molecule has 0 saturated heterocycles. The van der Waals surface area contributed by atoms with Crippen LogP contribution in [0.2, 0.25) is 5.02 Å². The summed E-state index contributed by atoms with van der Waals surface area (Å²) in [6.45, 7) is 2.79. The van der Waals surface area contributed by atoms with Gasteiger partial charge in [-0.3, -0.25) is 4.79 Å². The Labute approximate surface area is 163 Å². The van der Waals surface area contributed by atoms with Crippen LogP contribution in [-0.4, -0.2) is 19.2 Å². The second-order valence-corrected chi connectivity index (χ2v) is 6.65. The van der Waals surface area contributed by atoms with Crippen molar-refractivity contribution < 1.29 is 34.6 Å². The largest absolute Gasteiger partial charge is 1.00 e. The van der Waals surface area contributed by atoms with Gasteiger partial charge in [0.1, 0.15) is 11.5 Å². The SMILES string of the molecule is CCCCOc1ccc(PC(=O)c2ccccc2OC)c(Cl)c1.[H-].[Li+]. The minimum Gasteiger partial charge on any atom is -1.00 e. The van der Waals surface area contributed by atoms with Crippen LogP contribution in [0.3, 0.4) is 0 Å². The number of methoxy groups -OCH3 is 1. The van der Waals surface area contributed by atoms with Crippen LogP contribution in [-0.2, 0) is 0 Å². The zero-order valence-corrected chi connectivity index (χ0v) is 16.0. The molecule has 0 aliphatic carbocycles. The van der Waals surface area contributed by atoms with Gasteiger partial charge in [-0.05, 0) is 50.6 Å². The molecule has 0 aliphatic rings. The smallest absolute Gasteiger partial charge is 1.00 e. The Balaban J connectivity index is 0.00000288. The van der Waals surface area contributed by atoms with E-state index in [1.54, 1.807) is 25.3 Å². The maximum atomic E-state index is 12.5. The Kier molecular flexibility index (Phi) is 9.48. The molecule has 0 fully saturated rings. The molecule has 1 unspecified atom stereocenters. The van der Waals surface area contributed by atoms with Gasteiger partial charge >= 0.3 is 18.9 Å². The number of halogens is 1. The molecule has 2 aromatic rings. The van der Waals surface area contributed by atoms with Crippen molar-refractivity contribution in [2.45, 2.75) is 19.8 Å². The summed E-state index contributed by atoms with van der Waals surface area (Å²) in [5, 5.41) is 1.37. The number of carbonyl (C=O) groups excluding carboxylic acids is 1. The van der Waals surface area contributed by atoms with E-state index in [-0.39, 0.29) is 34.4 Å². The average Bonchev–Trinajstić information content (AvgIpc) is 2.57.